The summed E-state index contributed by atoms with van der Waals surface area (Å²) in [6, 6.07) is -0.451. The normalized spacial score (nSPS) is 18.6. The van der Waals surface area contributed by atoms with E-state index in [1.54, 1.807) is 0 Å². The van der Waals surface area contributed by atoms with E-state index >= 15 is 0 Å². The van der Waals surface area contributed by atoms with Crippen molar-refractivity contribution in [3.05, 3.63) is 11.4 Å². The van der Waals surface area contributed by atoms with Crippen LogP contribution in [0.15, 0.2) is 11.4 Å². The number of hydrogen-bond donors (Lipinski definition) is 3. The molecule has 0 aliphatic carbocycles. The maximum atomic E-state index is 11.1. The van der Waals surface area contributed by atoms with E-state index in [0.717, 1.165) is 16.4 Å². The van der Waals surface area contributed by atoms with Gasteiger partial charge in [-0.1, -0.05) is 0 Å². The minimum absolute atomic E-state index is 0.0629. The fraction of sp³-hybridized carbons (Fsp3) is 0.167. The van der Waals surface area contributed by atoms with Crippen LogP contribution in [0.5, 0.6) is 0 Å². The Balaban J connectivity index is 3.11. The molecular weight excluding hydrogens is 160 g/mol. The van der Waals surface area contributed by atoms with Crippen molar-refractivity contribution >= 4 is 18.2 Å². The van der Waals surface area contributed by atoms with Crippen LogP contribution in [-0.2, 0) is 4.79 Å². The highest BCUT2D eigenvalue weighted by atomic mass is 16.2. The third-order valence-corrected chi connectivity index (χ3v) is 1.61. The van der Waals surface area contributed by atoms with Gasteiger partial charge in [-0.05, 0) is 0 Å². The molecule has 5 N–H and O–H groups in total. The lowest BCUT2D eigenvalue weighted by Crippen LogP contribution is -2.92. The van der Waals surface area contributed by atoms with E-state index < -0.39 is 11.9 Å². The molecule has 0 radical (unpaired) electrons. The van der Waals surface area contributed by atoms with Gasteiger partial charge in [-0.2, -0.15) is 0 Å². The molecule has 1 rings (SSSR count). The largest absolute Gasteiger partial charge is 0.427 e. The Labute approximate surface area is 68.5 Å². The van der Waals surface area contributed by atoms with Crippen LogP contribution in [0.25, 0.3) is 0 Å². The van der Waals surface area contributed by atoms with Crippen molar-refractivity contribution in [3.8, 4) is 0 Å². The van der Waals surface area contributed by atoms with Crippen LogP contribution in [-0.4, -0.2) is 30.1 Å². The number of carbonyl (C=O) groups excluding carboxylic acids is 2. The van der Waals surface area contributed by atoms with E-state index in [2.05, 4.69) is 0 Å². The highest BCUT2D eigenvalue weighted by molar-refractivity contribution is 6.06. The molecule has 0 saturated heterocycles. The maximum absolute atomic E-state index is 11.1. The van der Waals surface area contributed by atoms with Gasteiger partial charge in [0.2, 0.25) is 0 Å². The van der Waals surface area contributed by atoms with Gasteiger partial charge in [-0.3, -0.25) is 4.79 Å². The van der Waals surface area contributed by atoms with Gasteiger partial charge in [0, 0.05) is 7.05 Å². The first-order valence-electron chi connectivity index (χ1n) is 3.25. The number of rotatable bonds is 1. The van der Waals surface area contributed by atoms with Crippen LogP contribution in [0, 0.1) is 5.41 Å². The number of carbonyl (C=O) groups is 2. The van der Waals surface area contributed by atoms with E-state index in [1.807, 2.05) is 0 Å². The Morgan fingerprint density at radius 2 is 2.17 bits per heavy atom. The summed E-state index contributed by atoms with van der Waals surface area (Å²) in [5.74, 6) is -0.555. The van der Waals surface area contributed by atoms with Gasteiger partial charge in [0.1, 0.15) is 0 Å². The summed E-state index contributed by atoms with van der Waals surface area (Å²) in [7, 11) is 1.34. The summed E-state index contributed by atoms with van der Waals surface area (Å²) in [6.07, 6.45) is 0.887. The predicted octanol–water partition coefficient (Wildman–Crippen LogP) is -2.04. The summed E-state index contributed by atoms with van der Waals surface area (Å²) in [4.78, 5) is 23.0. The molecule has 0 unspecified atom stereocenters. The molecule has 1 heterocycles. The second-order valence-electron chi connectivity index (χ2n) is 2.36. The molecule has 64 valence electrons. The van der Waals surface area contributed by atoms with E-state index in [4.69, 9.17) is 11.1 Å². The molecule has 0 aromatic heterocycles. The molecule has 12 heavy (non-hydrogen) atoms. The topological polar surface area (TPSA) is 104 Å². The summed E-state index contributed by atoms with van der Waals surface area (Å²) in [5.41, 5.74) is 5.45. The van der Waals surface area contributed by atoms with Crippen LogP contribution in [0.3, 0.4) is 0 Å². The average Bonchev–Trinajstić information content (AvgIpc) is 2.08. The van der Waals surface area contributed by atoms with Crippen molar-refractivity contribution in [1.29, 1.82) is 5.41 Å². The van der Waals surface area contributed by atoms with Gasteiger partial charge in [0.25, 0.3) is 5.91 Å². The minimum atomic E-state index is -0.555. The Bertz CT molecular complexity index is 294. The number of nitrogens with two attached hydrogens (primary N) is 2. The predicted molar refractivity (Wildman–Crippen MR) is 40.1 cm³/mol. The fourth-order valence-corrected chi connectivity index (χ4v) is 0.831. The molecule has 0 atom stereocenters. The second-order valence-corrected chi connectivity index (χ2v) is 2.36. The average molecular weight is 169 g/mol. The van der Waals surface area contributed by atoms with Crippen LogP contribution < -0.4 is 11.1 Å². The first kappa shape index (κ1) is 8.41. The van der Waals surface area contributed by atoms with E-state index in [0.29, 0.717) is 0 Å². The Morgan fingerprint density at radius 3 is 2.67 bits per heavy atom. The number of nitrogens with one attached hydrogen (secondary N) is 1. The Morgan fingerprint density at radius 1 is 1.58 bits per heavy atom. The zero-order valence-corrected chi connectivity index (χ0v) is 6.50. The van der Waals surface area contributed by atoms with E-state index in [1.165, 1.54) is 7.05 Å². The molecule has 0 spiro atoms. The standard InChI is InChI=1S/C6H8N4O2/c1-10-5(11)4(8)3(2-7)9-6(10)12/h2,7H,8H2,1H3,(H,9,12)/p+1. The maximum Gasteiger partial charge on any atom is 0.427 e. The third kappa shape index (κ3) is 1.08. The van der Waals surface area contributed by atoms with Gasteiger partial charge in [0.15, 0.2) is 11.4 Å². The molecular formula is C6H9N4O2+. The molecule has 6 nitrogen and oxygen atoms in total. The number of urea groups is 1. The molecule has 3 amide bonds. The van der Waals surface area contributed by atoms with Gasteiger partial charge >= 0.3 is 6.03 Å². The molecule has 0 aromatic carbocycles. The van der Waals surface area contributed by atoms with Gasteiger partial charge < -0.3 is 11.1 Å². The zero-order chi connectivity index (χ0) is 9.30. The first-order chi connectivity index (χ1) is 5.57. The number of amides is 3. The van der Waals surface area contributed by atoms with Gasteiger partial charge in [0.05, 0.1) is 6.21 Å². The molecule has 1 aliphatic rings. The molecule has 0 fully saturated rings. The molecule has 1 aliphatic heterocycles. The Hall–Kier alpha value is -1.69. The highest BCUT2D eigenvalue weighted by Crippen LogP contribution is 1.98. The lowest BCUT2D eigenvalue weighted by atomic mass is 10.2. The van der Waals surface area contributed by atoms with Crippen molar-refractivity contribution in [2.75, 3.05) is 7.05 Å². The van der Waals surface area contributed by atoms with Crippen LogP contribution in [0.1, 0.15) is 0 Å². The summed E-state index contributed by atoms with van der Waals surface area (Å²) in [5, 5.41) is 8.01. The van der Waals surface area contributed by atoms with Crippen molar-refractivity contribution in [2.24, 2.45) is 5.73 Å². The monoisotopic (exact) mass is 169 g/mol. The molecule has 0 aromatic rings. The fourth-order valence-electron chi connectivity index (χ4n) is 0.831. The highest BCUT2D eigenvalue weighted by Gasteiger charge is 2.32. The van der Waals surface area contributed by atoms with E-state index in [-0.39, 0.29) is 11.4 Å². The van der Waals surface area contributed by atoms with Crippen molar-refractivity contribution in [2.45, 2.75) is 0 Å². The number of allylic oxidation sites excluding steroid dienone is 1. The third-order valence-electron chi connectivity index (χ3n) is 1.61. The SMILES string of the molecule is CN1C(=O)[NH2+]C(C=N)=C(N)C1=O. The van der Waals surface area contributed by atoms with Crippen molar-refractivity contribution < 1.29 is 14.9 Å². The van der Waals surface area contributed by atoms with Crippen molar-refractivity contribution in [1.82, 2.24) is 4.90 Å². The molecule has 6 heteroatoms. The quantitative estimate of drug-likeness (QED) is 0.394. The summed E-state index contributed by atoms with van der Waals surface area (Å²) >= 11 is 0. The van der Waals surface area contributed by atoms with Crippen LogP contribution in [0.2, 0.25) is 0 Å². The van der Waals surface area contributed by atoms with Crippen LogP contribution in [0.4, 0.5) is 4.79 Å². The first-order valence-corrected chi connectivity index (χ1v) is 3.25. The van der Waals surface area contributed by atoms with E-state index in [9.17, 15) is 9.59 Å². The van der Waals surface area contributed by atoms with Crippen molar-refractivity contribution in [3.63, 3.8) is 0 Å². The number of nitrogens with zero attached hydrogens (tertiary/aromatic N) is 1. The summed E-state index contributed by atoms with van der Waals surface area (Å²) < 4.78 is 0. The number of quaternary nitrogens is 1. The lowest BCUT2D eigenvalue weighted by Gasteiger charge is -2.17. The molecule has 0 saturated carbocycles. The number of imide groups is 1. The van der Waals surface area contributed by atoms with Gasteiger partial charge in [-0.15, -0.1) is 0 Å². The smallest absolute Gasteiger partial charge is 0.389 e. The van der Waals surface area contributed by atoms with Crippen LogP contribution >= 0.6 is 0 Å². The van der Waals surface area contributed by atoms with Gasteiger partial charge in [-0.25, -0.2) is 15.0 Å². The Kier molecular flexibility index (Phi) is 1.92. The number of likely N-dealkylation sites (N-methyl/N-ethyl adjacent to an activating group) is 1. The number of hydrogen-bond acceptors (Lipinski definition) is 4. The number of primary amides is 1. The second kappa shape index (κ2) is 2.74. The lowest BCUT2D eigenvalue weighted by molar-refractivity contribution is -0.502. The minimum Gasteiger partial charge on any atom is -0.389 e. The molecule has 0 bridgehead atoms. The zero-order valence-electron chi connectivity index (χ0n) is 6.50. The summed E-state index contributed by atoms with van der Waals surface area (Å²) in [6.45, 7) is 0.